The van der Waals surface area contributed by atoms with E-state index in [0.717, 1.165) is 30.7 Å². The van der Waals surface area contributed by atoms with Gasteiger partial charge in [-0.05, 0) is 37.9 Å². The van der Waals surface area contributed by atoms with Gasteiger partial charge < -0.3 is 30.3 Å². The van der Waals surface area contributed by atoms with Crippen molar-refractivity contribution >= 4 is 60.8 Å². The van der Waals surface area contributed by atoms with Crippen molar-refractivity contribution in [3.8, 4) is 29.0 Å². The Bertz CT molecular complexity index is 2170. The highest BCUT2D eigenvalue weighted by molar-refractivity contribution is 7.23. The van der Waals surface area contributed by atoms with Crippen molar-refractivity contribution in [3.63, 3.8) is 0 Å². The Morgan fingerprint density at radius 1 is 1.23 bits per heavy atom. The molecule has 5 aromatic rings. The number of alkyl halides is 1. The number of nitrogens with two attached hydrogens (primary N) is 2. The van der Waals surface area contributed by atoms with Gasteiger partial charge in [-0.15, -0.1) is 16.4 Å². The van der Waals surface area contributed by atoms with E-state index in [1.165, 1.54) is 12.1 Å². The molecule has 3 atom stereocenters. The van der Waals surface area contributed by atoms with E-state index in [-0.39, 0.29) is 96.9 Å². The second kappa shape index (κ2) is 11.2. The van der Waals surface area contributed by atoms with Gasteiger partial charge in [0.15, 0.2) is 11.6 Å². The summed E-state index contributed by atoms with van der Waals surface area (Å²) in [7, 11) is 0. The highest BCUT2D eigenvalue weighted by Crippen LogP contribution is 2.51. The molecule has 248 valence electrons. The molecule has 17 heteroatoms. The lowest BCUT2D eigenvalue weighted by atomic mass is 9.95. The number of nitriles is 1. The average Bonchev–Trinajstić information content (AvgIpc) is 3.79. The summed E-state index contributed by atoms with van der Waals surface area (Å²) < 4.78 is 64.7. The summed E-state index contributed by atoms with van der Waals surface area (Å²) >= 11 is 7.88. The predicted octanol–water partition coefficient (Wildman–Crippen LogP) is 5.60. The number of nitrogens with zero attached hydrogens (tertiary/aromatic N) is 7. The number of anilines is 3. The molecule has 3 aliphatic rings. The summed E-state index contributed by atoms with van der Waals surface area (Å²) in [5.74, 6) is -1.02. The van der Waals surface area contributed by atoms with Crippen molar-refractivity contribution in [2.75, 3.05) is 42.7 Å². The summed E-state index contributed by atoms with van der Waals surface area (Å²) in [6.45, 7) is 3.13. The number of benzene rings is 2. The van der Waals surface area contributed by atoms with Gasteiger partial charge in [-0.2, -0.15) is 15.2 Å². The highest BCUT2D eigenvalue weighted by Gasteiger charge is 2.49. The molecule has 8 rings (SSSR count). The van der Waals surface area contributed by atoms with Crippen LogP contribution < -0.4 is 25.8 Å². The molecule has 2 aromatic carbocycles. The molecule has 12 nitrogen and oxygen atoms in total. The van der Waals surface area contributed by atoms with Gasteiger partial charge in [0.25, 0.3) is 0 Å². The molecule has 0 aliphatic carbocycles. The highest BCUT2D eigenvalue weighted by atomic mass is 35.5. The molecule has 0 saturated carbocycles. The van der Waals surface area contributed by atoms with E-state index in [4.69, 9.17) is 41.9 Å². The fraction of sp³-hybridized carbons (Fsp3) is 0.387. The van der Waals surface area contributed by atoms with E-state index in [9.17, 15) is 14.0 Å². The van der Waals surface area contributed by atoms with Gasteiger partial charge >= 0.3 is 12.0 Å². The van der Waals surface area contributed by atoms with Crippen molar-refractivity contribution in [1.29, 1.82) is 5.26 Å². The first kappa shape index (κ1) is 30.7. The van der Waals surface area contributed by atoms with Crippen LogP contribution in [0.2, 0.25) is 5.02 Å². The molecule has 0 spiro atoms. The molecule has 0 radical (unpaired) electrons. The van der Waals surface area contributed by atoms with E-state index in [1.54, 1.807) is 4.90 Å². The van der Waals surface area contributed by atoms with Crippen LogP contribution in [0.1, 0.15) is 37.6 Å². The molecule has 0 unspecified atom stereocenters. The number of thiophene rings is 1. The van der Waals surface area contributed by atoms with Crippen LogP contribution in [0.15, 0.2) is 16.5 Å². The third kappa shape index (κ3) is 4.66. The molecule has 4 N–H and O–H groups in total. The lowest BCUT2D eigenvalue weighted by Gasteiger charge is -2.31. The summed E-state index contributed by atoms with van der Waals surface area (Å²) in [6.07, 6.45) is 0.979. The van der Waals surface area contributed by atoms with Gasteiger partial charge in [0, 0.05) is 23.9 Å². The minimum atomic E-state index is -0.979. The number of nitrogen functional groups attached to an aromatic ring is 2. The Kier molecular flexibility index (Phi) is 7.20. The number of halogens is 4. The van der Waals surface area contributed by atoms with E-state index in [1.807, 2.05) is 13.0 Å². The smallest absolute Gasteiger partial charge is 0.319 e. The van der Waals surface area contributed by atoms with Crippen molar-refractivity contribution < 1.29 is 27.1 Å². The molecule has 3 aliphatic heterocycles. The summed E-state index contributed by atoms with van der Waals surface area (Å²) in [5.41, 5.74) is 11.0. The number of fused-ring (bicyclic) bond motifs is 2. The van der Waals surface area contributed by atoms with Gasteiger partial charge in [0.2, 0.25) is 5.89 Å². The maximum Gasteiger partial charge on any atom is 0.319 e. The summed E-state index contributed by atoms with van der Waals surface area (Å²) in [5, 5.41) is 17.9. The molecule has 2 fully saturated rings. The van der Waals surface area contributed by atoms with Crippen molar-refractivity contribution in [1.82, 2.24) is 25.1 Å². The standard InChI is InChI=1S/C31H27ClF3N9O3S/c1-13-11-45-25-21-24(23(35)20(22(25)32)15-3-4-17(34)26-19(15)16(8-36)27(37)48-26)39-30(40-28(21)44(13)10-18-41-42-29(38)47-18)46-12-31-5-2-6-43(31)9-14(33)7-31/h3-4,13-14H,2,5-7,9-12,37H2,1H3,(H2,38,42)/t13-,14+,31-/m0/s1. The van der Waals surface area contributed by atoms with Crippen LogP contribution in [-0.2, 0) is 6.54 Å². The van der Waals surface area contributed by atoms with Gasteiger partial charge in [0.05, 0.1) is 38.8 Å². The van der Waals surface area contributed by atoms with Crippen LogP contribution in [0.25, 0.3) is 32.1 Å². The SMILES string of the molecule is C[C@H]1COc2c(Cl)c(-c3ccc(F)c4sc(N)c(C#N)c34)c(F)c3nc(OC[C@@]45CCCN4C[C@H](F)C5)nc(c23)N1Cc1nnc(N)o1. The third-order valence-corrected chi connectivity index (χ3v) is 10.8. The second-order valence-electron chi connectivity index (χ2n) is 12.3. The minimum absolute atomic E-state index is 0.000907. The number of rotatable bonds is 6. The molecule has 48 heavy (non-hydrogen) atoms. The van der Waals surface area contributed by atoms with Crippen LogP contribution in [0.4, 0.5) is 30.0 Å². The largest absolute Gasteiger partial charge is 0.489 e. The maximum absolute atomic E-state index is 17.2. The van der Waals surface area contributed by atoms with Gasteiger partial charge in [-0.3, -0.25) is 4.90 Å². The van der Waals surface area contributed by atoms with Crippen molar-refractivity contribution in [2.45, 2.75) is 50.5 Å². The first-order chi connectivity index (χ1) is 23.1. The maximum atomic E-state index is 17.2. The predicted molar refractivity (Wildman–Crippen MR) is 173 cm³/mol. The zero-order valence-electron chi connectivity index (χ0n) is 25.4. The van der Waals surface area contributed by atoms with E-state index in [2.05, 4.69) is 20.1 Å². The lowest BCUT2D eigenvalue weighted by Crippen LogP contribution is -2.43. The van der Waals surface area contributed by atoms with Crippen molar-refractivity contribution in [3.05, 3.63) is 40.2 Å². The average molecular weight is 698 g/mol. The number of aromatic nitrogens is 4. The summed E-state index contributed by atoms with van der Waals surface area (Å²) in [4.78, 5) is 13.1. The monoisotopic (exact) mass is 697 g/mol. The Labute approximate surface area is 280 Å². The van der Waals surface area contributed by atoms with Crippen LogP contribution in [0.3, 0.4) is 0 Å². The van der Waals surface area contributed by atoms with E-state index in [0.29, 0.717) is 13.0 Å². The summed E-state index contributed by atoms with van der Waals surface area (Å²) in [6, 6.07) is 3.85. The van der Waals surface area contributed by atoms with Gasteiger partial charge in [-0.25, -0.2) is 13.2 Å². The molecule has 3 aromatic heterocycles. The topological polar surface area (TPSA) is 165 Å². The molecular weight excluding hydrogens is 671 g/mol. The fourth-order valence-corrected chi connectivity index (χ4v) is 8.53. The van der Waals surface area contributed by atoms with E-state index >= 15 is 4.39 Å². The molecule has 0 amide bonds. The third-order valence-electron chi connectivity index (χ3n) is 9.43. The Morgan fingerprint density at radius 2 is 2.06 bits per heavy atom. The van der Waals surface area contributed by atoms with Crippen LogP contribution in [-0.4, -0.2) is 69.1 Å². The number of hydrogen-bond acceptors (Lipinski definition) is 13. The van der Waals surface area contributed by atoms with Gasteiger partial charge in [0.1, 0.15) is 47.6 Å². The van der Waals surface area contributed by atoms with Crippen molar-refractivity contribution in [2.24, 2.45) is 0 Å². The van der Waals surface area contributed by atoms with Crippen LogP contribution in [0.5, 0.6) is 11.8 Å². The zero-order valence-corrected chi connectivity index (χ0v) is 27.0. The fourth-order valence-electron chi connectivity index (χ4n) is 7.25. The Morgan fingerprint density at radius 3 is 2.83 bits per heavy atom. The van der Waals surface area contributed by atoms with Gasteiger partial charge in [-0.1, -0.05) is 22.8 Å². The molecule has 0 bridgehead atoms. The normalized spacial score (nSPS) is 22.2. The lowest BCUT2D eigenvalue weighted by molar-refractivity contribution is 0.107. The van der Waals surface area contributed by atoms with Crippen LogP contribution >= 0.6 is 22.9 Å². The molecule has 6 heterocycles. The molecular formula is C31H27ClF3N9O3S. The van der Waals surface area contributed by atoms with Crippen LogP contribution in [0, 0.1) is 23.0 Å². The first-order valence-electron chi connectivity index (χ1n) is 15.2. The molecule has 2 saturated heterocycles. The number of hydrogen-bond donors (Lipinski definition) is 2. The zero-order chi connectivity index (χ0) is 33.5. The first-order valence-corrected chi connectivity index (χ1v) is 16.4. The number of ether oxygens (including phenoxy) is 2. The van der Waals surface area contributed by atoms with E-state index < -0.39 is 29.4 Å². The Hall–Kier alpha value is -4.59. The minimum Gasteiger partial charge on any atom is -0.489 e. The second-order valence-corrected chi connectivity index (χ2v) is 13.8. The Balaban J connectivity index is 1.35. The quantitative estimate of drug-likeness (QED) is 0.226.